The summed E-state index contributed by atoms with van der Waals surface area (Å²) < 4.78 is 28.3. The Labute approximate surface area is 119 Å². The van der Waals surface area contributed by atoms with Gasteiger partial charge in [-0.15, -0.1) is 11.6 Å². The molecule has 1 fully saturated rings. The minimum Gasteiger partial charge on any atom is -0.336 e. The Bertz CT molecular complexity index is 513. The zero-order valence-corrected chi connectivity index (χ0v) is 12.7. The first kappa shape index (κ1) is 14.8. The van der Waals surface area contributed by atoms with E-state index in [2.05, 4.69) is 4.98 Å². The van der Waals surface area contributed by atoms with Gasteiger partial charge in [0.25, 0.3) is 10.0 Å². The van der Waals surface area contributed by atoms with Gasteiger partial charge in [-0.1, -0.05) is 0 Å². The number of alkyl halides is 1. The number of hydrogen-bond donors (Lipinski definition) is 0. The van der Waals surface area contributed by atoms with Crippen molar-refractivity contribution in [3.63, 3.8) is 0 Å². The van der Waals surface area contributed by atoms with Crippen molar-refractivity contribution in [1.29, 1.82) is 0 Å². The number of piperidine rings is 1. The van der Waals surface area contributed by atoms with E-state index in [0.29, 0.717) is 24.9 Å². The fourth-order valence-electron chi connectivity index (χ4n) is 2.41. The summed E-state index contributed by atoms with van der Waals surface area (Å²) in [6, 6.07) is 0. The van der Waals surface area contributed by atoms with Crippen LogP contribution in [0.15, 0.2) is 17.6 Å². The lowest BCUT2D eigenvalue weighted by Gasteiger charge is -2.31. The molecule has 7 heteroatoms. The normalized spacial score (nSPS) is 21.7. The van der Waals surface area contributed by atoms with Crippen LogP contribution in [0.1, 0.15) is 26.2 Å². The second kappa shape index (κ2) is 6.24. The van der Waals surface area contributed by atoms with Gasteiger partial charge in [-0.05, 0) is 32.1 Å². The van der Waals surface area contributed by atoms with Gasteiger partial charge < -0.3 is 4.57 Å². The second-order valence-electron chi connectivity index (χ2n) is 4.89. The fourth-order valence-corrected chi connectivity index (χ4v) is 4.21. The van der Waals surface area contributed by atoms with Crippen molar-refractivity contribution >= 4 is 21.6 Å². The van der Waals surface area contributed by atoms with Gasteiger partial charge in [0.05, 0.1) is 6.33 Å². The van der Waals surface area contributed by atoms with E-state index in [1.165, 1.54) is 0 Å². The average molecular weight is 306 g/mol. The minimum absolute atomic E-state index is 0.154. The number of rotatable bonds is 5. The number of imidazole rings is 1. The average Bonchev–Trinajstić information content (AvgIpc) is 2.89. The molecule has 0 saturated carbocycles. The SMILES string of the molecule is CCn1cnc(S(=O)(=O)N2CCCC(CCCl)C2)c1. The smallest absolute Gasteiger partial charge is 0.262 e. The molecule has 19 heavy (non-hydrogen) atoms. The first-order chi connectivity index (χ1) is 9.07. The van der Waals surface area contributed by atoms with Gasteiger partial charge in [0.15, 0.2) is 5.03 Å². The van der Waals surface area contributed by atoms with E-state index in [-0.39, 0.29) is 5.03 Å². The molecule has 0 radical (unpaired) electrons. The quantitative estimate of drug-likeness (QED) is 0.781. The molecule has 5 nitrogen and oxygen atoms in total. The molecule has 0 spiro atoms. The molecule has 0 bridgehead atoms. The van der Waals surface area contributed by atoms with E-state index in [9.17, 15) is 8.42 Å². The largest absolute Gasteiger partial charge is 0.336 e. The second-order valence-corrected chi connectivity index (χ2v) is 7.15. The van der Waals surface area contributed by atoms with E-state index in [1.54, 1.807) is 21.4 Å². The van der Waals surface area contributed by atoms with E-state index in [4.69, 9.17) is 11.6 Å². The molecule has 1 saturated heterocycles. The van der Waals surface area contributed by atoms with Crippen LogP contribution in [0.25, 0.3) is 0 Å². The van der Waals surface area contributed by atoms with Crippen LogP contribution in [0.4, 0.5) is 0 Å². The van der Waals surface area contributed by atoms with Gasteiger partial charge >= 0.3 is 0 Å². The third kappa shape index (κ3) is 3.30. The molecule has 0 N–H and O–H groups in total. The van der Waals surface area contributed by atoms with Gasteiger partial charge in [-0.3, -0.25) is 0 Å². The molecule has 1 aromatic rings. The number of halogens is 1. The number of sulfonamides is 1. The summed E-state index contributed by atoms with van der Waals surface area (Å²) in [5.74, 6) is 0.956. The number of aromatic nitrogens is 2. The highest BCUT2D eigenvalue weighted by Crippen LogP contribution is 2.25. The molecule has 1 aromatic heterocycles. The highest BCUT2D eigenvalue weighted by atomic mass is 35.5. The maximum Gasteiger partial charge on any atom is 0.262 e. The summed E-state index contributed by atoms with van der Waals surface area (Å²) in [5, 5.41) is 0.154. The Morgan fingerprint density at radius 3 is 2.95 bits per heavy atom. The van der Waals surface area contributed by atoms with Crippen LogP contribution < -0.4 is 0 Å². The predicted octanol–water partition coefficient (Wildman–Crippen LogP) is 1.93. The standard InChI is InChI=1S/C12H20ClN3O2S/c1-2-15-9-12(14-10-15)19(17,18)16-7-3-4-11(8-16)5-6-13/h9-11H,2-8H2,1H3. The Kier molecular flexibility index (Phi) is 4.86. The van der Waals surface area contributed by atoms with Crippen LogP contribution in [0.2, 0.25) is 0 Å². The van der Waals surface area contributed by atoms with Crippen LogP contribution in [0.3, 0.4) is 0 Å². The van der Waals surface area contributed by atoms with Crippen molar-refractivity contribution in [3.8, 4) is 0 Å². The van der Waals surface area contributed by atoms with E-state index >= 15 is 0 Å². The topological polar surface area (TPSA) is 55.2 Å². The highest BCUT2D eigenvalue weighted by molar-refractivity contribution is 7.89. The molecule has 1 aliphatic heterocycles. The molecule has 0 amide bonds. The van der Waals surface area contributed by atoms with Gasteiger partial charge in [0, 0.05) is 31.7 Å². The summed E-state index contributed by atoms with van der Waals surface area (Å²) in [4.78, 5) is 4.01. The lowest BCUT2D eigenvalue weighted by molar-refractivity contribution is 0.262. The zero-order valence-electron chi connectivity index (χ0n) is 11.1. The molecule has 1 unspecified atom stereocenters. The van der Waals surface area contributed by atoms with E-state index in [1.807, 2.05) is 6.92 Å². The number of aryl methyl sites for hydroxylation is 1. The lowest BCUT2D eigenvalue weighted by atomic mass is 9.97. The summed E-state index contributed by atoms with van der Waals surface area (Å²) in [6.45, 7) is 3.82. The van der Waals surface area contributed by atoms with E-state index < -0.39 is 10.0 Å². The van der Waals surface area contributed by atoms with Crippen molar-refractivity contribution in [2.75, 3.05) is 19.0 Å². The van der Waals surface area contributed by atoms with Crippen LogP contribution in [0.5, 0.6) is 0 Å². The Balaban J connectivity index is 2.14. The summed E-state index contributed by atoms with van der Waals surface area (Å²) in [6.07, 6.45) is 5.99. The van der Waals surface area contributed by atoms with Crippen LogP contribution >= 0.6 is 11.6 Å². The molecule has 1 aliphatic rings. The third-order valence-electron chi connectivity index (χ3n) is 3.58. The third-order valence-corrected chi connectivity index (χ3v) is 5.55. The van der Waals surface area contributed by atoms with Gasteiger partial charge in [-0.25, -0.2) is 13.4 Å². The zero-order chi connectivity index (χ0) is 13.9. The van der Waals surface area contributed by atoms with Crippen molar-refractivity contribution in [3.05, 3.63) is 12.5 Å². The lowest BCUT2D eigenvalue weighted by Crippen LogP contribution is -2.40. The van der Waals surface area contributed by atoms with Crippen molar-refractivity contribution in [2.45, 2.75) is 37.8 Å². The first-order valence-electron chi connectivity index (χ1n) is 6.65. The molecule has 108 valence electrons. The molecule has 2 heterocycles. The van der Waals surface area contributed by atoms with Crippen molar-refractivity contribution in [1.82, 2.24) is 13.9 Å². The molecular weight excluding hydrogens is 286 g/mol. The van der Waals surface area contributed by atoms with Crippen LogP contribution in [0, 0.1) is 5.92 Å². The fraction of sp³-hybridized carbons (Fsp3) is 0.750. The minimum atomic E-state index is -3.44. The Morgan fingerprint density at radius 1 is 1.53 bits per heavy atom. The number of hydrogen-bond acceptors (Lipinski definition) is 3. The van der Waals surface area contributed by atoms with Gasteiger partial charge in [0.1, 0.15) is 0 Å². The van der Waals surface area contributed by atoms with Gasteiger partial charge in [-0.2, -0.15) is 4.31 Å². The Morgan fingerprint density at radius 2 is 2.32 bits per heavy atom. The van der Waals surface area contributed by atoms with Crippen molar-refractivity contribution in [2.24, 2.45) is 5.92 Å². The predicted molar refractivity (Wildman–Crippen MR) is 74.7 cm³/mol. The van der Waals surface area contributed by atoms with Crippen LogP contribution in [-0.2, 0) is 16.6 Å². The maximum absolute atomic E-state index is 12.5. The Hall–Kier alpha value is -0.590. The molecule has 2 rings (SSSR count). The highest BCUT2D eigenvalue weighted by Gasteiger charge is 2.31. The summed E-state index contributed by atoms with van der Waals surface area (Å²) >= 11 is 5.75. The van der Waals surface area contributed by atoms with Gasteiger partial charge in [0.2, 0.25) is 0 Å². The summed E-state index contributed by atoms with van der Waals surface area (Å²) in [5.41, 5.74) is 0. The molecule has 0 aromatic carbocycles. The molecule has 0 aliphatic carbocycles. The molecular formula is C12H20ClN3O2S. The first-order valence-corrected chi connectivity index (χ1v) is 8.63. The monoisotopic (exact) mass is 305 g/mol. The van der Waals surface area contributed by atoms with Crippen molar-refractivity contribution < 1.29 is 8.42 Å². The summed E-state index contributed by atoms with van der Waals surface area (Å²) in [7, 11) is -3.44. The number of nitrogens with zero attached hydrogens (tertiary/aromatic N) is 3. The van der Waals surface area contributed by atoms with E-state index in [0.717, 1.165) is 25.8 Å². The maximum atomic E-state index is 12.5. The van der Waals surface area contributed by atoms with Crippen LogP contribution in [-0.4, -0.2) is 41.2 Å². The molecule has 1 atom stereocenters.